The van der Waals surface area contributed by atoms with Crippen molar-refractivity contribution in [2.45, 2.75) is 162 Å². The van der Waals surface area contributed by atoms with E-state index in [1.165, 1.54) is 95.5 Å². The van der Waals surface area contributed by atoms with Crippen LogP contribution in [0.25, 0.3) is 0 Å². The zero-order valence-corrected chi connectivity index (χ0v) is 26.1. The van der Waals surface area contributed by atoms with E-state index >= 15 is 0 Å². The zero-order valence-electron chi connectivity index (χ0n) is 25.1. The summed E-state index contributed by atoms with van der Waals surface area (Å²) in [5.74, 6) is 0.628. The van der Waals surface area contributed by atoms with E-state index in [0.29, 0.717) is 11.9 Å². The summed E-state index contributed by atoms with van der Waals surface area (Å²) in [6, 6.07) is 6.17. The minimum absolute atomic E-state index is 0.0407. The summed E-state index contributed by atoms with van der Waals surface area (Å²) >= 11 is 0. The van der Waals surface area contributed by atoms with Gasteiger partial charge in [-0.3, -0.25) is 0 Å². The standard InChI is InChI=1S/C32H61O3P/c1-8-9-10-11-12-13-14-15-16-17-18-19-20-21-22-23-26-36(33,34)35-30-25-24-28(31(2,3)4)27-29(30)32(5,6)7/h24-25,27,33-34,36H,8-23,26H2,1-7H3. The molecule has 0 saturated heterocycles. The van der Waals surface area contributed by atoms with Crippen molar-refractivity contribution in [2.24, 2.45) is 0 Å². The van der Waals surface area contributed by atoms with Crippen LogP contribution in [-0.2, 0) is 10.8 Å². The molecule has 0 bridgehead atoms. The summed E-state index contributed by atoms with van der Waals surface area (Å²) < 4.78 is 5.90. The molecule has 0 radical (unpaired) electrons. The van der Waals surface area contributed by atoms with E-state index in [0.717, 1.165) is 18.4 Å². The van der Waals surface area contributed by atoms with E-state index in [4.69, 9.17) is 4.52 Å². The van der Waals surface area contributed by atoms with Gasteiger partial charge in [-0.1, -0.05) is 39.0 Å². The van der Waals surface area contributed by atoms with Crippen LogP contribution in [-0.4, -0.2) is 15.9 Å². The third-order valence-electron chi connectivity index (χ3n) is 7.28. The molecule has 0 unspecified atom stereocenters. The van der Waals surface area contributed by atoms with Crippen LogP contribution >= 0.6 is 7.94 Å². The average Bonchev–Trinajstić information content (AvgIpc) is 2.77. The normalized spacial score (nSPS) is 13.2. The first-order valence-corrected chi connectivity index (χ1v) is 17.2. The molecule has 1 aromatic rings. The summed E-state index contributed by atoms with van der Waals surface area (Å²) in [7, 11) is -3.72. The maximum absolute atomic E-state index is 10.7. The second-order valence-corrected chi connectivity index (χ2v) is 15.3. The fourth-order valence-corrected chi connectivity index (χ4v) is 6.14. The third-order valence-corrected chi connectivity index (χ3v) is 8.83. The summed E-state index contributed by atoms with van der Waals surface area (Å²) in [5, 5.41) is 0. The van der Waals surface area contributed by atoms with Crippen molar-refractivity contribution < 1.29 is 14.3 Å². The molecular weight excluding hydrogens is 463 g/mol. The van der Waals surface area contributed by atoms with Crippen LogP contribution in [0, 0.1) is 0 Å². The molecule has 0 atom stereocenters. The summed E-state index contributed by atoms with van der Waals surface area (Å²) in [5.41, 5.74) is 2.19. The molecule has 212 valence electrons. The number of hydrogen-bond donors (Lipinski definition) is 2. The van der Waals surface area contributed by atoms with Gasteiger partial charge >= 0.3 is 186 Å². The van der Waals surface area contributed by atoms with Gasteiger partial charge in [0.25, 0.3) is 0 Å². The van der Waals surface area contributed by atoms with Gasteiger partial charge in [0.1, 0.15) is 0 Å². The Kier molecular flexibility index (Phi) is 15.8. The molecule has 0 saturated carbocycles. The molecular formula is C32H61O3P. The van der Waals surface area contributed by atoms with Gasteiger partial charge in [-0.05, 0) is 0 Å². The molecule has 0 spiro atoms. The van der Waals surface area contributed by atoms with Crippen molar-refractivity contribution in [3.05, 3.63) is 29.3 Å². The van der Waals surface area contributed by atoms with Crippen LogP contribution in [0.5, 0.6) is 5.75 Å². The van der Waals surface area contributed by atoms with Gasteiger partial charge < -0.3 is 0 Å². The molecule has 36 heavy (non-hydrogen) atoms. The van der Waals surface area contributed by atoms with Crippen LogP contribution in [0.15, 0.2) is 18.2 Å². The molecule has 1 rings (SSSR count). The predicted octanol–water partition coefficient (Wildman–Crippen LogP) is 10.4. The van der Waals surface area contributed by atoms with E-state index in [2.05, 4.69) is 60.6 Å². The number of unbranched alkanes of at least 4 members (excludes halogenated alkanes) is 15. The van der Waals surface area contributed by atoms with Crippen LogP contribution in [0.1, 0.15) is 162 Å². The second kappa shape index (κ2) is 17.1. The van der Waals surface area contributed by atoms with Crippen molar-refractivity contribution in [2.75, 3.05) is 6.16 Å². The van der Waals surface area contributed by atoms with Crippen LogP contribution in [0.2, 0.25) is 0 Å². The molecule has 0 aliphatic carbocycles. The molecule has 1 aromatic carbocycles. The van der Waals surface area contributed by atoms with Gasteiger partial charge in [-0.15, -0.1) is 0 Å². The Bertz CT molecular complexity index is 700. The van der Waals surface area contributed by atoms with Crippen molar-refractivity contribution in [1.29, 1.82) is 0 Å². The number of hydrogen-bond acceptors (Lipinski definition) is 3. The van der Waals surface area contributed by atoms with Crippen molar-refractivity contribution in [3.63, 3.8) is 0 Å². The molecule has 2 N–H and O–H groups in total. The van der Waals surface area contributed by atoms with Crippen LogP contribution in [0.4, 0.5) is 0 Å². The van der Waals surface area contributed by atoms with E-state index in [-0.39, 0.29) is 10.8 Å². The molecule has 0 heterocycles. The van der Waals surface area contributed by atoms with Gasteiger partial charge in [0, 0.05) is 0 Å². The third kappa shape index (κ3) is 14.9. The molecule has 0 aliphatic heterocycles. The van der Waals surface area contributed by atoms with Crippen LogP contribution < -0.4 is 4.52 Å². The average molecular weight is 525 g/mol. The molecule has 0 aliphatic rings. The van der Waals surface area contributed by atoms with E-state index in [9.17, 15) is 9.79 Å². The van der Waals surface area contributed by atoms with Crippen molar-refractivity contribution in [3.8, 4) is 5.75 Å². The van der Waals surface area contributed by atoms with Gasteiger partial charge in [-0.2, -0.15) is 0 Å². The number of rotatable bonds is 19. The summed E-state index contributed by atoms with van der Waals surface area (Å²) in [6.07, 6.45) is 21.4. The Morgan fingerprint density at radius 1 is 0.611 bits per heavy atom. The van der Waals surface area contributed by atoms with Crippen molar-refractivity contribution in [1.82, 2.24) is 0 Å². The zero-order chi connectivity index (χ0) is 27.1. The topological polar surface area (TPSA) is 49.7 Å². The van der Waals surface area contributed by atoms with Crippen LogP contribution in [0.3, 0.4) is 0 Å². The summed E-state index contributed by atoms with van der Waals surface area (Å²) in [4.78, 5) is 21.3. The first-order valence-electron chi connectivity index (χ1n) is 15.2. The molecule has 3 nitrogen and oxygen atoms in total. The minimum atomic E-state index is -3.72. The van der Waals surface area contributed by atoms with E-state index in [1.807, 2.05) is 6.07 Å². The van der Waals surface area contributed by atoms with Gasteiger partial charge in [-0.25, -0.2) is 0 Å². The Morgan fingerprint density at radius 3 is 1.42 bits per heavy atom. The Balaban J connectivity index is 2.22. The van der Waals surface area contributed by atoms with E-state index < -0.39 is 7.94 Å². The molecule has 0 fully saturated rings. The predicted molar refractivity (Wildman–Crippen MR) is 162 cm³/mol. The van der Waals surface area contributed by atoms with Gasteiger partial charge in [0.2, 0.25) is 0 Å². The Morgan fingerprint density at radius 2 is 1.03 bits per heavy atom. The fourth-order valence-electron chi connectivity index (χ4n) is 4.80. The Labute approximate surface area is 225 Å². The monoisotopic (exact) mass is 524 g/mol. The van der Waals surface area contributed by atoms with Gasteiger partial charge in [0.15, 0.2) is 0 Å². The molecule has 0 aromatic heterocycles. The molecule has 0 amide bonds. The maximum atomic E-state index is 10.7. The summed E-state index contributed by atoms with van der Waals surface area (Å²) in [6.45, 7) is 15.3. The van der Waals surface area contributed by atoms with Crippen molar-refractivity contribution >= 4 is 7.94 Å². The first kappa shape index (κ1) is 33.4. The molecule has 4 heteroatoms. The SMILES string of the molecule is CCCCCCCCCCCCCCCCCC[PH](O)(O)Oc1ccc(C(C)(C)C)cc1C(C)(C)C. The number of benzene rings is 1. The first-order chi connectivity index (χ1) is 16.9. The fraction of sp³-hybridized carbons (Fsp3) is 0.812. The quantitative estimate of drug-likeness (QED) is 0.140. The van der Waals surface area contributed by atoms with Gasteiger partial charge in [0.05, 0.1) is 0 Å². The second-order valence-electron chi connectivity index (χ2n) is 13.1. The Hall–Kier alpha value is -0.630. The van der Waals surface area contributed by atoms with E-state index in [1.54, 1.807) is 0 Å².